The summed E-state index contributed by atoms with van der Waals surface area (Å²) in [5.41, 5.74) is 2.31. The Bertz CT molecular complexity index is 1030. The average Bonchev–Trinajstić information content (AvgIpc) is 3.05. The molecule has 2 aliphatic heterocycles. The van der Waals surface area contributed by atoms with E-state index in [-0.39, 0.29) is 28.3 Å². The zero-order chi connectivity index (χ0) is 21.8. The Hall–Kier alpha value is -3.17. The molecule has 2 fully saturated rings. The molecular formula is C22H21N3O5S. The Balaban J connectivity index is 1.59. The van der Waals surface area contributed by atoms with E-state index in [1.54, 1.807) is 12.1 Å². The second-order valence-electron chi connectivity index (χ2n) is 7.17. The van der Waals surface area contributed by atoms with Gasteiger partial charge in [-0.3, -0.25) is 24.6 Å². The Morgan fingerprint density at radius 2 is 1.84 bits per heavy atom. The topological polar surface area (TPSA) is 93.0 Å². The molecule has 2 heterocycles. The van der Waals surface area contributed by atoms with E-state index in [2.05, 4.69) is 4.90 Å². The first kappa shape index (κ1) is 21.1. The maximum atomic E-state index is 12.9. The number of non-ortho nitro benzene ring substituents is 1. The van der Waals surface area contributed by atoms with Gasteiger partial charge in [-0.1, -0.05) is 30.3 Å². The lowest BCUT2D eigenvalue weighted by atomic mass is 10.1. The van der Waals surface area contributed by atoms with Crippen LogP contribution in [0.5, 0.6) is 0 Å². The number of ether oxygens (including phenoxy) is 1. The van der Waals surface area contributed by atoms with Gasteiger partial charge in [-0.2, -0.15) is 0 Å². The van der Waals surface area contributed by atoms with Crippen LogP contribution >= 0.6 is 11.8 Å². The summed E-state index contributed by atoms with van der Waals surface area (Å²) in [6.45, 7) is 2.71. The summed E-state index contributed by atoms with van der Waals surface area (Å²) < 4.78 is 5.39. The number of hydrogen-bond donors (Lipinski definition) is 0. The molecule has 9 heteroatoms. The molecule has 2 amide bonds. The first-order valence-electron chi connectivity index (χ1n) is 9.93. The van der Waals surface area contributed by atoms with Crippen molar-refractivity contribution in [1.29, 1.82) is 0 Å². The van der Waals surface area contributed by atoms with Crippen molar-refractivity contribution in [3.63, 3.8) is 0 Å². The molecule has 0 atom stereocenters. The predicted octanol–water partition coefficient (Wildman–Crippen LogP) is 3.71. The smallest absolute Gasteiger partial charge is 0.293 e. The molecule has 0 unspecified atom stereocenters. The third kappa shape index (κ3) is 4.78. The van der Waals surface area contributed by atoms with Gasteiger partial charge in [0.15, 0.2) is 0 Å². The number of anilines is 1. The van der Waals surface area contributed by atoms with Crippen LogP contribution < -0.4 is 4.90 Å². The summed E-state index contributed by atoms with van der Waals surface area (Å²) in [7, 11) is 0. The van der Waals surface area contributed by atoms with E-state index in [0.717, 1.165) is 23.0 Å². The van der Waals surface area contributed by atoms with Crippen LogP contribution in [-0.2, 0) is 16.0 Å². The number of thioether (sulfide) groups is 1. The summed E-state index contributed by atoms with van der Waals surface area (Å²) in [4.78, 5) is 39.7. The lowest BCUT2D eigenvalue weighted by Gasteiger charge is -2.30. The molecular weight excluding hydrogens is 418 g/mol. The van der Waals surface area contributed by atoms with Crippen LogP contribution in [0.15, 0.2) is 53.4 Å². The molecule has 0 saturated carbocycles. The molecule has 2 aliphatic rings. The zero-order valence-corrected chi connectivity index (χ0v) is 17.5. The summed E-state index contributed by atoms with van der Waals surface area (Å²) >= 11 is 0.867. The first-order valence-corrected chi connectivity index (χ1v) is 10.7. The quantitative estimate of drug-likeness (QED) is 0.385. The molecule has 2 aromatic carbocycles. The number of carbonyl (C=O) groups excluding carboxylic acids is 2. The van der Waals surface area contributed by atoms with Crippen LogP contribution in [0.1, 0.15) is 11.1 Å². The number of imide groups is 1. The highest BCUT2D eigenvalue weighted by Gasteiger charge is 2.35. The van der Waals surface area contributed by atoms with Gasteiger partial charge in [-0.15, -0.1) is 0 Å². The fourth-order valence-corrected chi connectivity index (χ4v) is 4.44. The van der Waals surface area contributed by atoms with E-state index in [1.807, 2.05) is 30.3 Å². The van der Waals surface area contributed by atoms with E-state index < -0.39 is 4.92 Å². The largest absolute Gasteiger partial charge is 0.378 e. The molecule has 2 aromatic rings. The Labute approximate surface area is 183 Å². The summed E-state index contributed by atoms with van der Waals surface area (Å²) in [5.74, 6) is -0.370. The third-order valence-electron chi connectivity index (χ3n) is 5.20. The molecule has 0 aliphatic carbocycles. The number of amides is 2. The Kier molecular flexibility index (Phi) is 6.34. The van der Waals surface area contributed by atoms with Gasteiger partial charge >= 0.3 is 0 Å². The van der Waals surface area contributed by atoms with Crippen molar-refractivity contribution in [1.82, 2.24) is 4.90 Å². The first-order chi connectivity index (χ1) is 15.0. The van der Waals surface area contributed by atoms with Crippen molar-refractivity contribution < 1.29 is 19.2 Å². The third-order valence-corrected chi connectivity index (χ3v) is 6.11. The van der Waals surface area contributed by atoms with Crippen molar-refractivity contribution in [2.45, 2.75) is 6.42 Å². The standard InChI is InChI=1S/C22H21N3O5S/c26-21-20(31-22(27)24(21)9-8-16-4-2-1-3-5-16)15-17-14-18(25(28)29)6-7-19(17)23-10-12-30-13-11-23/h1-7,14-15H,8-13H2/b20-15-. The molecule has 0 spiro atoms. The predicted molar refractivity (Wildman–Crippen MR) is 119 cm³/mol. The van der Waals surface area contributed by atoms with Crippen LogP contribution in [0.4, 0.5) is 16.2 Å². The number of morpholine rings is 1. The van der Waals surface area contributed by atoms with Crippen LogP contribution in [0.2, 0.25) is 0 Å². The highest BCUT2D eigenvalue weighted by molar-refractivity contribution is 8.18. The van der Waals surface area contributed by atoms with Gasteiger partial charge in [0.2, 0.25) is 0 Å². The summed E-state index contributed by atoms with van der Waals surface area (Å²) in [6, 6.07) is 14.2. The number of nitro groups is 1. The number of nitro benzene ring substituents is 1. The number of hydrogen-bond acceptors (Lipinski definition) is 7. The SMILES string of the molecule is O=C1S/C(=C\c2cc([N+](=O)[O-])ccc2N2CCOCC2)C(=O)N1CCc1ccccc1. The van der Waals surface area contributed by atoms with Gasteiger partial charge in [-0.05, 0) is 35.9 Å². The van der Waals surface area contributed by atoms with Crippen LogP contribution in [0.25, 0.3) is 6.08 Å². The summed E-state index contributed by atoms with van der Waals surface area (Å²) in [6.07, 6.45) is 2.16. The highest BCUT2D eigenvalue weighted by Crippen LogP contribution is 2.35. The lowest BCUT2D eigenvalue weighted by Crippen LogP contribution is -2.36. The van der Waals surface area contributed by atoms with E-state index >= 15 is 0 Å². The van der Waals surface area contributed by atoms with Gasteiger partial charge in [0.25, 0.3) is 16.8 Å². The summed E-state index contributed by atoms with van der Waals surface area (Å²) in [5, 5.41) is 11.0. The molecule has 2 saturated heterocycles. The minimum atomic E-state index is -0.466. The Morgan fingerprint density at radius 1 is 1.10 bits per heavy atom. The second kappa shape index (κ2) is 9.32. The maximum Gasteiger partial charge on any atom is 0.293 e. The number of benzene rings is 2. The molecule has 8 nitrogen and oxygen atoms in total. The van der Waals surface area contributed by atoms with E-state index in [1.165, 1.54) is 17.0 Å². The van der Waals surface area contributed by atoms with Crippen molar-refractivity contribution >= 4 is 40.4 Å². The maximum absolute atomic E-state index is 12.9. The van der Waals surface area contributed by atoms with E-state index in [4.69, 9.17) is 4.74 Å². The number of rotatable bonds is 6. The second-order valence-corrected chi connectivity index (χ2v) is 8.16. The van der Waals surface area contributed by atoms with Gasteiger partial charge in [0.05, 0.1) is 23.0 Å². The molecule has 0 aromatic heterocycles. The molecule has 0 bridgehead atoms. The monoisotopic (exact) mass is 439 g/mol. The molecule has 160 valence electrons. The van der Waals surface area contributed by atoms with Crippen molar-refractivity contribution in [2.75, 3.05) is 37.7 Å². The van der Waals surface area contributed by atoms with Gasteiger partial charge in [0, 0.05) is 43.0 Å². The average molecular weight is 439 g/mol. The van der Waals surface area contributed by atoms with Crippen LogP contribution in [0.3, 0.4) is 0 Å². The molecule has 4 rings (SSSR count). The van der Waals surface area contributed by atoms with Crippen molar-refractivity contribution in [2.24, 2.45) is 0 Å². The fraction of sp³-hybridized carbons (Fsp3) is 0.273. The van der Waals surface area contributed by atoms with Gasteiger partial charge < -0.3 is 9.64 Å². The molecule has 0 radical (unpaired) electrons. The minimum absolute atomic E-state index is 0.0634. The zero-order valence-electron chi connectivity index (χ0n) is 16.7. The molecule has 31 heavy (non-hydrogen) atoms. The normalized spacial score (nSPS) is 18.1. The highest BCUT2D eigenvalue weighted by atomic mass is 32.2. The van der Waals surface area contributed by atoms with Crippen molar-refractivity contribution in [3.8, 4) is 0 Å². The van der Waals surface area contributed by atoms with E-state index in [9.17, 15) is 19.7 Å². The van der Waals surface area contributed by atoms with Crippen LogP contribution in [-0.4, -0.2) is 53.8 Å². The minimum Gasteiger partial charge on any atom is -0.378 e. The lowest BCUT2D eigenvalue weighted by molar-refractivity contribution is -0.384. The van der Waals surface area contributed by atoms with Gasteiger partial charge in [0.1, 0.15) is 0 Å². The van der Waals surface area contributed by atoms with Crippen LogP contribution in [0, 0.1) is 10.1 Å². The number of carbonyl (C=O) groups is 2. The molecule has 0 N–H and O–H groups in total. The Morgan fingerprint density at radius 3 is 2.55 bits per heavy atom. The number of nitrogens with zero attached hydrogens (tertiary/aromatic N) is 3. The van der Waals surface area contributed by atoms with Gasteiger partial charge in [-0.25, -0.2) is 0 Å². The van der Waals surface area contributed by atoms with Crippen molar-refractivity contribution in [3.05, 3.63) is 74.7 Å². The fourth-order valence-electron chi connectivity index (χ4n) is 3.58. The van der Waals surface area contributed by atoms with E-state index in [0.29, 0.717) is 38.3 Å².